The Labute approximate surface area is 165 Å². The lowest BCUT2D eigenvalue weighted by Crippen LogP contribution is -2.12. The molecule has 2 aromatic rings. The second-order valence-electron chi connectivity index (χ2n) is 8.99. The Morgan fingerprint density at radius 2 is 0.923 bits per heavy atom. The van der Waals surface area contributed by atoms with Crippen molar-refractivity contribution in [2.45, 2.75) is 76.0 Å². The first-order valence-corrected chi connectivity index (χ1v) is 11.0. The van der Waals surface area contributed by atoms with Gasteiger partial charge in [-0.05, 0) is 69.5 Å². The van der Waals surface area contributed by atoms with E-state index in [2.05, 4.69) is 41.5 Å². The Morgan fingerprint density at radius 1 is 0.615 bits per heavy atom. The Bertz CT molecular complexity index is 743. The maximum atomic E-state index is 10.7. The second kappa shape index (κ2) is 7.40. The van der Waals surface area contributed by atoms with Gasteiger partial charge < -0.3 is 10.2 Å². The van der Waals surface area contributed by atoms with Crippen molar-refractivity contribution in [1.82, 2.24) is 0 Å². The van der Waals surface area contributed by atoms with Crippen LogP contribution in [0.1, 0.15) is 63.8 Å². The minimum Gasteiger partial charge on any atom is -0.506 e. The summed E-state index contributed by atoms with van der Waals surface area (Å²) in [5.41, 5.74) is 3.90. The van der Waals surface area contributed by atoms with Gasteiger partial charge in [0.05, 0.1) is 9.79 Å². The van der Waals surface area contributed by atoms with Crippen LogP contribution in [0.15, 0.2) is 34.1 Å². The van der Waals surface area contributed by atoms with Crippen LogP contribution in [-0.2, 0) is 10.8 Å². The Morgan fingerprint density at radius 3 is 1.19 bits per heavy atom. The molecule has 2 rings (SSSR count). The molecule has 2 aromatic carbocycles. The van der Waals surface area contributed by atoms with Crippen LogP contribution in [0, 0.1) is 13.8 Å². The highest BCUT2D eigenvalue weighted by Crippen LogP contribution is 2.49. The van der Waals surface area contributed by atoms with E-state index in [0.29, 0.717) is 11.5 Å². The van der Waals surface area contributed by atoms with Crippen molar-refractivity contribution in [3.63, 3.8) is 0 Å². The van der Waals surface area contributed by atoms with Crippen LogP contribution < -0.4 is 0 Å². The fourth-order valence-electron chi connectivity index (χ4n) is 2.85. The molecule has 26 heavy (non-hydrogen) atoms. The minimum atomic E-state index is -0.124. The van der Waals surface area contributed by atoms with Crippen LogP contribution in [0.2, 0.25) is 0 Å². The van der Waals surface area contributed by atoms with Crippen LogP contribution in [-0.4, -0.2) is 10.2 Å². The first-order chi connectivity index (χ1) is 11.8. The van der Waals surface area contributed by atoms with Crippen molar-refractivity contribution in [3.05, 3.63) is 46.5 Å². The summed E-state index contributed by atoms with van der Waals surface area (Å²) in [4.78, 5) is 1.66. The topological polar surface area (TPSA) is 40.5 Å². The van der Waals surface area contributed by atoms with Crippen molar-refractivity contribution in [3.8, 4) is 11.5 Å². The SMILES string of the molecule is Cc1cc(SSc2cc(C)cc(C(C)(C)C)c2O)c(O)c(C(C)(C)C)c1. The first kappa shape index (κ1) is 21.0. The molecule has 0 atom stereocenters. The third-order valence-corrected chi connectivity index (χ3v) is 6.67. The van der Waals surface area contributed by atoms with Gasteiger partial charge in [-0.1, -0.05) is 53.7 Å². The quantitative estimate of drug-likeness (QED) is 0.548. The highest BCUT2D eigenvalue weighted by molar-refractivity contribution is 8.76. The summed E-state index contributed by atoms with van der Waals surface area (Å²) < 4.78 is 0. The standard InChI is InChI=1S/C22H30O2S2/c1-13-9-15(21(3,4)5)19(23)17(11-13)25-26-18-12-14(2)10-16(20(18)24)22(6,7)8/h9-12,23-24H,1-8H3. The van der Waals surface area contributed by atoms with Gasteiger partial charge in [0.1, 0.15) is 11.5 Å². The lowest BCUT2D eigenvalue weighted by atomic mass is 9.85. The number of hydrogen-bond donors (Lipinski definition) is 2. The molecular weight excluding hydrogens is 360 g/mol. The summed E-state index contributed by atoms with van der Waals surface area (Å²) >= 11 is 0. The number of aromatic hydroxyl groups is 2. The van der Waals surface area contributed by atoms with E-state index in [1.54, 1.807) is 0 Å². The predicted octanol–water partition coefficient (Wildman–Crippen LogP) is 7.11. The summed E-state index contributed by atoms with van der Waals surface area (Å²) in [6.07, 6.45) is 0. The zero-order valence-corrected chi connectivity index (χ0v) is 18.7. The fraction of sp³-hybridized carbons (Fsp3) is 0.455. The van der Waals surface area contributed by atoms with Gasteiger partial charge >= 0.3 is 0 Å². The molecule has 2 nitrogen and oxygen atoms in total. The maximum Gasteiger partial charge on any atom is 0.133 e. The van der Waals surface area contributed by atoms with Gasteiger partial charge in [-0.25, -0.2) is 0 Å². The molecule has 0 aromatic heterocycles. The van der Waals surface area contributed by atoms with E-state index in [4.69, 9.17) is 0 Å². The Hall–Kier alpha value is -1.26. The Balaban J connectivity index is 2.39. The molecule has 0 amide bonds. The molecule has 0 radical (unpaired) electrons. The molecule has 0 aliphatic rings. The molecule has 0 heterocycles. The van der Waals surface area contributed by atoms with Gasteiger partial charge in [0.2, 0.25) is 0 Å². The number of rotatable bonds is 3. The van der Waals surface area contributed by atoms with Gasteiger partial charge in [-0.2, -0.15) is 0 Å². The van der Waals surface area contributed by atoms with Crippen molar-refractivity contribution < 1.29 is 10.2 Å². The normalized spacial score (nSPS) is 12.5. The van der Waals surface area contributed by atoms with Crippen molar-refractivity contribution in [2.75, 3.05) is 0 Å². The number of phenolic OH excluding ortho intramolecular Hbond substituents is 2. The van der Waals surface area contributed by atoms with E-state index in [1.165, 1.54) is 21.6 Å². The molecule has 0 saturated heterocycles. The van der Waals surface area contributed by atoms with E-state index in [0.717, 1.165) is 32.0 Å². The highest BCUT2D eigenvalue weighted by atomic mass is 33.1. The molecule has 0 aliphatic carbocycles. The summed E-state index contributed by atoms with van der Waals surface area (Å²) in [6.45, 7) is 16.7. The number of phenols is 2. The molecule has 0 fully saturated rings. The van der Waals surface area contributed by atoms with Crippen LogP contribution in [0.5, 0.6) is 11.5 Å². The molecule has 2 N–H and O–H groups in total. The maximum absolute atomic E-state index is 10.7. The predicted molar refractivity (Wildman–Crippen MR) is 115 cm³/mol. The lowest BCUT2D eigenvalue weighted by Gasteiger charge is -2.23. The second-order valence-corrected chi connectivity index (χ2v) is 11.2. The highest BCUT2D eigenvalue weighted by Gasteiger charge is 2.23. The Kier molecular flexibility index (Phi) is 5.99. The van der Waals surface area contributed by atoms with Crippen LogP contribution >= 0.6 is 21.6 Å². The minimum absolute atomic E-state index is 0.124. The van der Waals surface area contributed by atoms with Gasteiger partial charge in [0.15, 0.2) is 0 Å². The molecule has 142 valence electrons. The zero-order valence-electron chi connectivity index (χ0n) is 17.0. The number of aryl methyl sites for hydroxylation is 2. The first-order valence-electron chi connectivity index (χ1n) is 8.83. The largest absolute Gasteiger partial charge is 0.506 e. The molecule has 0 bridgehead atoms. The van der Waals surface area contributed by atoms with Gasteiger partial charge in [0, 0.05) is 11.1 Å². The smallest absolute Gasteiger partial charge is 0.133 e. The molecule has 0 saturated carbocycles. The molecular formula is C22H30O2S2. The average Bonchev–Trinajstić information content (AvgIpc) is 2.48. The molecule has 4 heteroatoms. The summed E-state index contributed by atoms with van der Waals surface area (Å²) in [5, 5.41) is 21.5. The zero-order chi connectivity index (χ0) is 19.9. The van der Waals surface area contributed by atoms with E-state index in [9.17, 15) is 10.2 Å². The van der Waals surface area contributed by atoms with Crippen molar-refractivity contribution in [2.24, 2.45) is 0 Å². The van der Waals surface area contributed by atoms with Gasteiger partial charge in [0.25, 0.3) is 0 Å². The lowest BCUT2D eigenvalue weighted by molar-refractivity contribution is 0.433. The van der Waals surface area contributed by atoms with Crippen LogP contribution in [0.25, 0.3) is 0 Å². The van der Waals surface area contributed by atoms with E-state index in [-0.39, 0.29) is 10.8 Å². The molecule has 0 unspecified atom stereocenters. The monoisotopic (exact) mass is 390 g/mol. The third-order valence-electron chi connectivity index (χ3n) is 4.28. The summed E-state index contributed by atoms with van der Waals surface area (Å²) in [7, 11) is 2.99. The fourth-order valence-corrected chi connectivity index (χ4v) is 5.18. The third kappa shape index (κ3) is 4.72. The van der Waals surface area contributed by atoms with Crippen molar-refractivity contribution >= 4 is 21.6 Å². The van der Waals surface area contributed by atoms with E-state index < -0.39 is 0 Å². The van der Waals surface area contributed by atoms with Crippen LogP contribution in [0.3, 0.4) is 0 Å². The average molecular weight is 391 g/mol. The summed E-state index contributed by atoms with van der Waals surface area (Å²) in [6, 6.07) is 8.09. The van der Waals surface area contributed by atoms with E-state index >= 15 is 0 Å². The van der Waals surface area contributed by atoms with Crippen LogP contribution in [0.4, 0.5) is 0 Å². The summed E-state index contributed by atoms with van der Waals surface area (Å²) in [5.74, 6) is 0.674. The molecule has 0 spiro atoms. The number of hydrogen-bond acceptors (Lipinski definition) is 4. The van der Waals surface area contributed by atoms with Gasteiger partial charge in [-0.15, -0.1) is 0 Å². The van der Waals surface area contributed by atoms with E-state index in [1.807, 2.05) is 38.1 Å². The van der Waals surface area contributed by atoms with Gasteiger partial charge in [-0.3, -0.25) is 0 Å². The number of benzene rings is 2. The molecule has 0 aliphatic heterocycles. The van der Waals surface area contributed by atoms with Crippen molar-refractivity contribution in [1.29, 1.82) is 0 Å².